The van der Waals surface area contributed by atoms with Crippen LogP contribution in [0.25, 0.3) is 11.6 Å². The lowest BCUT2D eigenvalue weighted by Gasteiger charge is -2.00. The van der Waals surface area contributed by atoms with Crippen LogP contribution in [-0.2, 0) is 0 Å². The van der Waals surface area contributed by atoms with E-state index in [-0.39, 0.29) is 0 Å². The molecule has 0 fully saturated rings. The largest absolute Gasteiger partial charge is 0.192 e. The van der Waals surface area contributed by atoms with Crippen LogP contribution in [0.5, 0.6) is 0 Å². The van der Waals surface area contributed by atoms with E-state index in [0.29, 0.717) is 5.57 Å². The summed E-state index contributed by atoms with van der Waals surface area (Å²) in [4.78, 5) is 0. The summed E-state index contributed by atoms with van der Waals surface area (Å²) in [6.07, 6.45) is 1.89. The van der Waals surface area contributed by atoms with E-state index in [1.165, 1.54) is 0 Å². The molecule has 0 heterocycles. The fraction of sp³-hybridized carbons (Fsp3) is 0. The molecule has 0 amide bonds. The zero-order chi connectivity index (χ0) is 12.1. The molecule has 0 saturated heterocycles. The molecular weight excluding hydrogens is 274 g/mol. The third kappa shape index (κ3) is 3.05. The molecule has 2 aromatic rings. The highest BCUT2D eigenvalue weighted by molar-refractivity contribution is 9.10. The summed E-state index contributed by atoms with van der Waals surface area (Å²) in [5.74, 6) is 0. The molecule has 2 heteroatoms. The van der Waals surface area contributed by atoms with Gasteiger partial charge in [-0.15, -0.1) is 0 Å². The molecule has 0 aromatic heterocycles. The summed E-state index contributed by atoms with van der Waals surface area (Å²) in [7, 11) is 0. The van der Waals surface area contributed by atoms with Crippen LogP contribution in [0.1, 0.15) is 11.1 Å². The summed E-state index contributed by atoms with van der Waals surface area (Å²) < 4.78 is 0.976. The van der Waals surface area contributed by atoms with E-state index < -0.39 is 0 Å². The Hall–Kier alpha value is -1.85. The minimum atomic E-state index is 0.664. The number of rotatable bonds is 2. The van der Waals surface area contributed by atoms with Crippen molar-refractivity contribution in [2.75, 3.05) is 0 Å². The Morgan fingerprint density at radius 3 is 2.47 bits per heavy atom. The molecule has 0 radical (unpaired) electrons. The summed E-state index contributed by atoms with van der Waals surface area (Å²) in [6, 6.07) is 19.8. The van der Waals surface area contributed by atoms with E-state index in [9.17, 15) is 5.26 Å². The fourth-order valence-electron chi connectivity index (χ4n) is 1.55. The Morgan fingerprint density at radius 2 is 1.82 bits per heavy atom. The van der Waals surface area contributed by atoms with Gasteiger partial charge >= 0.3 is 0 Å². The van der Waals surface area contributed by atoms with E-state index >= 15 is 0 Å². The number of benzene rings is 2. The highest BCUT2D eigenvalue weighted by atomic mass is 79.9. The van der Waals surface area contributed by atoms with Crippen LogP contribution in [0.15, 0.2) is 59.1 Å². The van der Waals surface area contributed by atoms with Gasteiger partial charge in [0.05, 0.1) is 11.6 Å². The van der Waals surface area contributed by atoms with Gasteiger partial charge in [0.2, 0.25) is 0 Å². The van der Waals surface area contributed by atoms with E-state index in [0.717, 1.165) is 15.6 Å². The van der Waals surface area contributed by atoms with Gasteiger partial charge in [-0.2, -0.15) is 5.26 Å². The first-order valence-electron chi connectivity index (χ1n) is 5.22. The predicted octanol–water partition coefficient (Wildman–Crippen LogP) is 4.51. The Bertz CT molecular complexity index is 579. The summed E-state index contributed by atoms with van der Waals surface area (Å²) >= 11 is 3.41. The van der Waals surface area contributed by atoms with Crippen LogP contribution < -0.4 is 0 Å². The van der Waals surface area contributed by atoms with Crippen molar-refractivity contribution < 1.29 is 0 Å². The molecule has 0 atom stereocenters. The highest BCUT2D eigenvalue weighted by Crippen LogP contribution is 2.20. The van der Waals surface area contributed by atoms with Crippen LogP contribution in [-0.4, -0.2) is 0 Å². The van der Waals surface area contributed by atoms with Crippen molar-refractivity contribution >= 4 is 27.6 Å². The van der Waals surface area contributed by atoms with Gasteiger partial charge in [0.15, 0.2) is 0 Å². The normalized spacial score (nSPS) is 10.9. The number of hydrogen-bond acceptors (Lipinski definition) is 1. The number of allylic oxidation sites excluding steroid dienone is 1. The molecule has 0 spiro atoms. The van der Waals surface area contributed by atoms with Crippen molar-refractivity contribution in [3.63, 3.8) is 0 Å². The summed E-state index contributed by atoms with van der Waals surface area (Å²) in [5, 5.41) is 9.20. The van der Waals surface area contributed by atoms with Gasteiger partial charge in [-0.1, -0.05) is 58.4 Å². The summed E-state index contributed by atoms with van der Waals surface area (Å²) in [5.41, 5.74) is 2.62. The Morgan fingerprint density at radius 1 is 1.06 bits per heavy atom. The lowest BCUT2D eigenvalue weighted by Crippen LogP contribution is -1.81. The molecule has 0 aliphatic heterocycles. The molecule has 82 valence electrons. The van der Waals surface area contributed by atoms with Crippen molar-refractivity contribution in [1.82, 2.24) is 0 Å². The molecule has 17 heavy (non-hydrogen) atoms. The van der Waals surface area contributed by atoms with Gasteiger partial charge in [-0.25, -0.2) is 0 Å². The first kappa shape index (κ1) is 11.6. The van der Waals surface area contributed by atoms with Crippen LogP contribution >= 0.6 is 15.9 Å². The number of hydrogen-bond donors (Lipinski definition) is 0. The third-order valence-electron chi connectivity index (χ3n) is 2.37. The minimum absolute atomic E-state index is 0.664. The van der Waals surface area contributed by atoms with Gasteiger partial charge in [0, 0.05) is 4.47 Å². The maximum atomic E-state index is 9.20. The fourth-order valence-corrected chi connectivity index (χ4v) is 1.95. The zero-order valence-corrected chi connectivity index (χ0v) is 10.7. The quantitative estimate of drug-likeness (QED) is 0.588. The van der Waals surface area contributed by atoms with Gasteiger partial charge in [0.25, 0.3) is 0 Å². The van der Waals surface area contributed by atoms with Gasteiger partial charge < -0.3 is 0 Å². The number of halogens is 1. The minimum Gasteiger partial charge on any atom is -0.192 e. The van der Waals surface area contributed by atoms with Crippen molar-refractivity contribution in [1.29, 1.82) is 5.26 Å². The van der Waals surface area contributed by atoms with Crippen molar-refractivity contribution in [2.45, 2.75) is 0 Å². The molecule has 0 aliphatic rings. The van der Waals surface area contributed by atoms with Gasteiger partial charge in [-0.05, 0) is 29.3 Å². The zero-order valence-electron chi connectivity index (χ0n) is 9.10. The van der Waals surface area contributed by atoms with Crippen molar-refractivity contribution in [3.8, 4) is 6.07 Å². The van der Waals surface area contributed by atoms with Gasteiger partial charge in [0.1, 0.15) is 0 Å². The van der Waals surface area contributed by atoms with Crippen LogP contribution in [0, 0.1) is 11.3 Å². The predicted molar refractivity (Wildman–Crippen MR) is 74.1 cm³/mol. The van der Waals surface area contributed by atoms with Crippen LogP contribution in [0.3, 0.4) is 0 Å². The molecule has 0 aliphatic carbocycles. The second-order valence-electron chi connectivity index (χ2n) is 3.59. The third-order valence-corrected chi connectivity index (χ3v) is 2.86. The Kier molecular flexibility index (Phi) is 3.74. The number of nitrogens with zero attached hydrogens (tertiary/aromatic N) is 1. The van der Waals surface area contributed by atoms with E-state index in [2.05, 4.69) is 22.0 Å². The monoisotopic (exact) mass is 283 g/mol. The molecule has 2 rings (SSSR count). The lowest BCUT2D eigenvalue weighted by atomic mass is 10.0. The summed E-state index contributed by atoms with van der Waals surface area (Å²) in [6.45, 7) is 0. The smallest absolute Gasteiger partial charge is 0.0998 e. The maximum absolute atomic E-state index is 9.20. The number of nitriles is 1. The molecular formula is C15H10BrN. The van der Waals surface area contributed by atoms with Gasteiger partial charge in [-0.3, -0.25) is 0 Å². The molecule has 0 unspecified atom stereocenters. The standard InChI is InChI=1S/C15H10BrN/c16-15-8-4-7-13(10-15)14(11-17)9-12-5-2-1-3-6-12/h1-10H/b14-9+. The van der Waals surface area contributed by atoms with Crippen LogP contribution in [0.2, 0.25) is 0 Å². The van der Waals surface area contributed by atoms with Crippen molar-refractivity contribution in [2.24, 2.45) is 0 Å². The average Bonchev–Trinajstić information content (AvgIpc) is 2.37. The first-order chi connectivity index (χ1) is 8.29. The molecule has 1 nitrogen and oxygen atoms in total. The molecule has 0 bridgehead atoms. The van der Waals surface area contributed by atoms with E-state index in [1.807, 2.05) is 60.7 Å². The second-order valence-corrected chi connectivity index (χ2v) is 4.51. The molecule has 0 saturated carbocycles. The Balaban J connectivity index is 2.42. The van der Waals surface area contributed by atoms with E-state index in [1.54, 1.807) is 0 Å². The van der Waals surface area contributed by atoms with Crippen LogP contribution in [0.4, 0.5) is 0 Å². The first-order valence-corrected chi connectivity index (χ1v) is 6.01. The SMILES string of the molecule is N#C/C(=C\c1ccccc1)c1cccc(Br)c1. The maximum Gasteiger partial charge on any atom is 0.0998 e. The molecule has 2 aromatic carbocycles. The molecule has 0 N–H and O–H groups in total. The van der Waals surface area contributed by atoms with Crippen molar-refractivity contribution in [3.05, 3.63) is 70.2 Å². The topological polar surface area (TPSA) is 23.8 Å². The Labute approximate surface area is 109 Å². The van der Waals surface area contributed by atoms with E-state index in [4.69, 9.17) is 0 Å². The highest BCUT2D eigenvalue weighted by Gasteiger charge is 2.01. The second kappa shape index (κ2) is 5.47. The average molecular weight is 284 g/mol. The lowest BCUT2D eigenvalue weighted by molar-refractivity contribution is 1.51.